The van der Waals surface area contributed by atoms with Crippen LogP contribution >= 0.6 is 0 Å². The molecule has 0 saturated heterocycles. The van der Waals surface area contributed by atoms with Gasteiger partial charge in [-0.15, -0.1) is 0 Å². The summed E-state index contributed by atoms with van der Waals surface area (Å²) in [7, 11) is -3.35. The molecule has 3 aromatic heterocycles. The minimum absolute atomic E-state index is 0.0652. The van der Waals surface area contributed by atoms with Gasteiger partial charge in [-0.25, -0.2) is 32.5 Å². The molecule has 0 amide bonds. The van der Waals surface area contributed by atoms with E-state index in [0.717, 1.165) is 42.7 Å². The molecule has 0 radical (unpaired) electrons. The van der Waals surface area contributed by atoms with Crippen molar-refractivity contribution in [3.63, 3.8) is 0 Å². The van der Waals surface area contributed by atoms with Crippen LogP contribution < -0.4 is 10.0 Å². The third-order valence-corrected chi connectivity index (χ3v) is 5.62. The molecule has 2 atom stereocenters. The van der Waals surface area contributed by atoms with Crippen molar-refractivity contribution in [2.45, 2.75) is 37.8 Å². The number of nitrogens with zero attached hydrogens (tertiary/aromatic N) is 3. The first kappa shape index (κ1) is 18.8. The van der Waals surface area contributed by atoms with Crippen LogP contribution in [0.1, 0.15) is 25.7 Å². The zero-order chi connectivity index (χ0) is 19.7. The Morgan fingerprint density at radius 2 is 2.00 bits per heavy atom. The number of H-pyrrole nitrogens is 1. The van der Waals surface area contributed by atoms with E-state index >= 15 is 0 Å². The standard InChI is InChI=1S/C18H21FN6O2S/c1-28(26,27)25-15-7-3-2-6-14(15)23-18-13(19)10-22-17(24-18)12-9-21-16-11(12)5-4-8-20-16/h4-5,8-10,14-15,25H,2-3,6-7H2,1H3,(H,20,21)(H,22,23,24)/t14-,15+/m1/s1. The zero-order valence-electron chi connectivity index (χ0n) is 15.3. The lowest BCUT2D eigenvalue weighted by Crippen LogP contribution is -2.48. The van der Waals surface area contributed by atoms with Gasteiger partial charge >= 0.3 is 0 Å². The van der Waals surface area contributed by atoms with E-state index in [1.807, 2.05) is 12.1 Å². The van der Waals surface area contributed by atoms with Crippen molar-refractivity contribution in [2.75, 3.05) is 11.6 Å². The van der Waals surface area contributed by atoms with Crippen molar-refractivity contribution in [2.24, 2.45) is 0 Å². The third kappa shape index (κ3) is 3.97. The fourth-order valence-electron chi connectivity index (χ4n) is 3.63. The van der Waals surface area contributed by atoms with E-state index in [-0.39, 0.29) is 17.9 Å². The Kier molecular flexibility index (Phi) is 4.98. The van der Waals surface area contributed by atoms with Gasteiger partial charge in [0, 0.05) is 35.4 Å². The fraction of sp³-hybridized carbons (Fsp3) is 0.389. The van der Waals surface area contributed by atoms with Crippen molar-refractivity contribution < 1.29 is 12.8 Å². The lowest BCUT2D eigenvalue weighted by atomic mass is 9.91. The van der Waals surface area contributed by atoms with Crippen LogP contribution in [0.3, 0.4) is 0 Å². The minimum atomic E-state index is -3.35. The molecule has 8 nitrogen and oxygen atoms in total. The van der Waals surface area contributed by atoms with Crippen LogP contribution in [0.25, 0.3) is 22.4 Å². The Morgan fingerprint density at radius 1 is 1.21 bits per heavy atom. The van der Waals surface area contributed by atoms with Crippen molar-refractivity contribution in [3.05, 3.63) is 36.5 Å². The molecule has 148 valence electrons. The molecular formula is C18H21FN6O2S. The summed E-state index contributed by atoms with van der Waals surface area (Å²) in [6, 6.07) is 3.15. The van der Waals surface area contributed by atoms with Gasteiger partial charge in [0.15, 0.2) is 17.5 Å². The first-order valence-corrected chi connectivity index (χ1v) is 11.0. The van der Waals surface area contributed by atoms with Crippen molar-refractivity contribution >= 4 is 26.9 Å². The zero-order valence-corrected chi connectivity index (χ0v) is 16.1. The highest BCUT2D eigenvalue weighted by Crippen LogP contribution is 2.28. The largest absolute Gasteiger partial charge is 0.363 e. The molecule has 3 N–H and O–H groups in total. The number of nitrogens with one attached hydrogen (secondary N) is 3. The number of anilines is 1. The maximum Gasteiger partial charge on any atom is 0.209 e. The van der Waals surface area contributed by atoms with Gasteiger partial charge in [0.25, 0.3) is 0 Å². The molecule has 1 aliphatic carbocycles. The number of sulfonamides is 1. The van der Waals surface area contributed by atoms with Gasteiger partial charge in [0.2, 0.25) is 10.0 Å². The lowest BCUT2D eigenvalue weighted by Gasteiger charge is -2.32. The summed E-state index contributed by atoms with van der Waals surface area (Å²) in [4.78, 5) is 15.8. The fourth-order valence-corrected chi connectivity index (χ4v) is 4.47. The second-order valence-corrected chi connectivity index (χ2v) is 8.80. The predicted molar refractivity (Wildman–Crippen MR) is 105 cm³/mol. The molecule has 3 heterocycles. The maximum atomic E-state index is 14.4. The van der Waals surface area contributed by atoms with Gasteiger partial charge in [0.05, 0.1) is 12.5 Å². The van der Waals surface area contributed by atoms with Crippen LogP contribution in [-0.4, -0.2) is 46.7 Å². The molecule has 0 unspecified atom stereocenters. The summed E-state index contributed by atoms with van der Waals surface area (Å²) in [5.41, 5.74) is 1.42. The molecule has 0 aromatic carbocycles. The van der Waals surface area contributed by atoms with Gasteiger partial charge in [-0.05, 0) is 25.0 Å². The predicted octanol–water partition coefficient (Wildman–Crippen LogP) is 2.43. The van der Waals surface area contributed by atoms with Crippen LogP contribution in [0, 0.1) is 5.82 Å². The molecule has 1 fully saturated rings. The summed E-state index contributed by atoms with van der Waals surface area (Å²) in [6.45, 7) is 0. The number of pyridine rings is 1. The van der Waals surface area contributed by atoms with E-state index < -0.39 is 15.8 Å². The van der Waals surface area contributed by atoms with E-state index in [1.165, 1.54) is 0 Å². The van der Waals surface area contributed by atoms with Crippen LogP contribution in [-0.2, 0) is 10.0 Å². The van der Waals surface area contributed by atoms with Crippen LogP contribution in [0.2, 0.25) is 0 Å². The van der Waals surface area contributed by atoms with E-state index in [1.54, 1.807) is 12.4 Å². The van der Waals surface area contributed by atoms with Crippen molar-refractivity contribution in [1.29, 1.82) is 0 Å². The van der Waals surface area contributed by atoms with E-state index in [0.29, 0.717) is 17.9 Å². The van der Waals surface area contributed by atoms with Gasteiger partial charge in [-0.2, -0.15) is 0 Å². The second kappa shape index (κ2) is 7.44. The molecule has 10 heteroatoms. The van der Waals surface area contributed by atoms with Crippen molar-refractivity contribution in [1.82, 2.24) is 24.7 Å². The monoisotopic (exact) mass is 404 g/mol. The first-order chi connectivity index (χ1) is 13.4. The molecular weight excluding hydrogens is 383 g/mol. The minimum Gasteiger partial charge on any atom is -0.363 e. The second-order valence-electron chi connectivity index (χ2n) is 7.02. The molecule has 1 aliphatic rings. The molecule has 0 aliphatic heterocycles. The van der Waals surface area contributed by atoms with Crippen LogP contribution in [0.4, 0.5) is 10.2 Å². The number of hydrogen-bond acceptors (Lipinski definition) is 6. The summed E-state index contributed by atoms with van der Waals surface area (Å²) in [5, 5.41) is 3.94. The summed E-state index contributed by atoms with van der Waals surface area (Å²) in [5.74, 6) is -0.146. The maximum absolute atomic E-state index is 14.4. The highest BCUT2D eigenvalue weighted by molar-refractivity contribution is 7.88. The normalized spacial score (nSPS) is 20.4. The number of rotatable bonds is 5. The topological polar surface area (TPSA) is 113 Å². The van der Waals surface area contributed by atoms with Gasteiger partial charge in [-0.1, -0.05) is 12.8 Å². The number of aromatic amines is 1. The Balaban J connectivity index is 1.64. The number of halogens is 1. The SMILES string of the molecule is CS(=O)(=O)N[C@H]1CCCC[C@H]1Nc1nc(-c2c[nH]c3ncccc23)ncc1F. The summed E-state index contributed by atoms with van der Waals surface area (Å²) < 4.78 is 40.3. The van der Waals surface area contributed by atoms with E-state index in [9.17, 15) is 12.8 Å². The Morgan fingerprint density at radius 3 is 2.79 bits per heavy atom. The van der Waals surface area contributed by atoms with Crippen molar-refractivity contribution in [3.8, 4) is 11.4 Å². The Bertz CT molecular complexity index is 1100. The highest BCUT2D eigenvalue weighted by atomic mass is 32.2. The van der Waals surface area contributed by atoms with Crippen LogP contribution in [0.15, 0.2) is 30.7 Å². The number of fused-ring (bicyclic) bond motifs is 1. The average molecular weight is 404 g/mol. The molecule has 3 aromatic rings. The van der Waals surface area contributed by atoms with Gasteiger partial charge < -0.3 is 10.3 Å². The lowest BCUT2D eigenvalue weighted by molar-refractivity contribution is 0.377. The van der Waals surface area contributed by atoms with E-state index in [4.69, 9.17) is 0 Å². The number of aromatic nitrogens is 4. The Hall–Kier alpha value is -2.59. The molecule has 0 bridgehead atoms. The summed E-state index contributed by atoms with van der Waals surface area (Å²) >= 11 is 0. The van der Waals surface area contributed by atoms with E-state index in [2.05, 4.69) is 30.0 Å². The quantitative estimate of drug-likeness (QED) is 0.602. The summed E-state index contributed by atoms with van der Waals surface area (Å²) in [6.07, 6.45) is 8.96. The molecule has 4 rings (SSSR count). The average Bonchev–Trinajstić information content (AvgIpc) is 3.08. The first-order valence-electron chi connectivity index (χ1n) is 9.09. The van der Waals surface area contributed by atoms with Gasteiger partial charge in [0.1, 0.15) is 5.65 Å². The third-order valence-electron chi connectivity index (χ3n) is 4.89. The molecule has 28 heavy (non-hydrogen) atoms. The smallest absolute Gasteiger partial charge is 0.209 e. The Labute approximate surface area is 162 Å². The highest BCUT2D eigenvalue weighted by Gasteiger charge is 2.28. The van der Waals surface area contributed by atoms with Crippen LogP contribution in [0.5, 0.6) is 0 Å². The molecule has 1 saturated carbocycles. The van der Waals surface area contributed by atoms with Gasteiger partial charge in [-0.3, -0.25) is 0 Å². The number of hydrogen-bond donors (Lipinski definition) is 3. The molecule has 0 spiro atoms.